The number of hydrogen-bond acceptors (Lipinski definition) is 8. The Hall–Kier alpha value is -2.68. The number of hydrogen-bond donors (Lipinski definition) is 3. The summed E-state index contributed by atoms with van der Waals surface area (Å²) in [7, 11) is 1.36. The van der Waals surface area contributed by atoms with Crippen molar-refractivity contribution >= 4 is 5.97 Å². The molecule has 0 aliphatic carbocycles. The van der Waals surface area contributed by atoms with E-state index in [-0.39, 0.29) is 18.3 Å². The minimum atomic E-state index is -0.541. The molecule has 1 aliphatic rings. The van der Waals surface area contributed by atoms with Gasteiger partial charge in [-0.3, -0.25) is 9.88 Å². The minimum absolute atomic E-state index is 0.191. The van der Waals surface area contributed by atoms with Crippen molar-refractivity contribution in [3.05, 3.63) is 53.9 Å². The van der Waals surface area contributed by atoms with Gasteiger partial charge in [0.1, 0.15) is 18.1 Å². The molecule has 1 fully saturated rings. The van der Waals surface area contributed by atoms with Crippen LogP contribution in [-0.2, 0) is 11.3 Å². The number of carbonyl (C=O) groups is 1. The van der Waals surface area contributed by atoms with Crippen LogP contribution in [0.4, 0.5) is 0 Å². The second-order valence-corrected chi connectivity index (χ2v) is 7.78. The molecule has 1 unspecified atom stereocenters. The number of aliphatic hydroxyl groups is 1. The zero-order valence-corrected chi connectivity index (χ0v) is 17.9. The Morgan fingerprint density at radius 2 is 1.97 bits per heavy atom. The van der Waals surface area contributed by atoms with Crippen molar-refractivity contribution in [3.63, 3.8) is 0 Å². The standard InChI is InChI=1S/C23H31N3O5/c1-30-23(29)17-2-3-19(25-14-17)15-26-12-9-18(10-13-26)24-11-8-21(28)16-31-22-6-4-20(27)5-7-22/h2-7,14,18,21,24,27-28H,8-13,15-16H2,1H3. The lowest BCUT2D eigenvalue weighted by molar-refractivity contribution is 0.0600. The normalized spacial score (nSPS) is 16.1. The predicted octanol–water partition coefficient (Wildman–Crippen LogP) is 1.96. The van der Waals surface area contributed by atoms with Gasteiger partial charge in [-0.15, -0.1) is 0 Å². The molecule has 8 heteroatoms. The highest BCUT2D eigenvalue weighted by atomic mass is 16.5. The number of esters is 1. The summed E-state index contributed by atoms with van der Waals surface area (Å²) in [4.78, 5) is 18.2. The number of methoxy groups -OCH3 is 1. The molecule has 0 spiro atoms. The summed E-state index contributed by atoms with van der Waals surface area (Å²) in [5, 5.41) is 22.9. The van der Waals surface area contributed by atoms with Gasteiger partial charge in [-0.2, -0.15) is 0 Å². The second kappa shape index (κ2) is 11.6. The number of aromatic nitrogens is 1. The number of likely N-dealkylation sites (tertiary alicyclic amines) is 1. The molecular weight excluding hydrogens is 398 g/mol. The number of rotatable bonds is 10. The second-order valence-electron chi connectivity index (χ2n) is 7.78. The molecule has 0 amide bonds. The van der Waals surface area contributed by atoms with Crippen LogP contribution in [0.2, 0.25) is 0 Å². The van der Waals surface area contributed by atoms with Crippen molar-refractivity contribution in [1.82, 2.24) is 15.2 Å². The topological polar surface area (TPSA) is 104 Å². The summed E-state index contributed by atoms with van der Waals surface area (Å²) in [5.74, 6) is 0.450. The number of ether oxygens (including phenoxy) is 2. The molecule has 0 saturated carbocycles. The van der Waals surface area contributed by atoms with Crippen LogP contribution in [0.25, 0.3) is 0 Å². The number of phenolic OH excluding ortho intramolecular Hbond substituents is 1. The molecule has 2 heterocycles. The monoisotopic (exact) mass is 429 g/mol. The number of aromatic hydroxyl groups is 1. The van der Waals surface area contributed by atoms with Crippen LogP contribution in [0.1, 0.15) is 35.3 Å². The first-order valence-electron chi connectivity index (χ1n) is 10.6. The zero-order valence-electron chi connectivity index (χ0n) is 17.9. The van der Waals surface area contributed by atoms with E-state index in [0.717, 1.165) is 44.7 Å². The molecule has 0 radical (unpaired) electrons. The molecule has 8 nitrogen and oxygen atoms in total. The van der Waals surface area contributed by atoms with E-state index in [2.05, 4.69) is 15.2 Å². The van der Waals surface area contributed by atoms with E-state index >= 15 is 0 Å². The fraction of sp³-hybridized carbons (Fsp3) is 0.478. The van der Waals surface area contributed by atoms with Gasteiger partial charge in [0.05, 0.1) is 24.5 Å². The third kappa shape index (κ3) is 7.50. The molecule has 1 aliphatic heterocycles. The highest BCUT2D eigenvalue weighted by Crippen LogP contribution is 2.16. The maximum atomic E-state index is 11.5. The van der Waals surface area contributed by atoms with Gasteiger partial charge < -0.3 is 25.0 Å². The van der Waals surface area contributed by atoms with Crippen molar-refractivity contribution in [3.8, 4) is 11.5 Å². The highest BCUT2D eigenvalue weighted by molar-refractivity contribution is 5.88. The summed E-state index contributed by atoms with van der Waals surface area (Å²) in [5.41, 5.74) is 1.40. The van der Waals surface area contributed by atoms with Gasteiger partial charge in [-0.05, 0) is 62.2 Å². The van der Waals surface area contributed by atoms with Crippen LogP contribution in [0, 0.1) is 0 Å². The SMILES string of the molecule is COC(=O)c1ccc(CN2CCC(NCCC(O)COc3ccc(O)cc3)CC2)nc1. The number of nitrogens with zero attached hydrogens (tertiary/aromatic N) is 2. The zero-order chi connectivity index (χ0) is 22.1. The number of aliphatic hydroxyl groups excluding tert-OH is 1. The van der Waals surface area contributed by atoms with Crippen molar-refractivity contribution in [2.75, 3.05) is 33.4 Å². The average Bonchev–Trinajstić information content (AvgIpc) is 2.80. The molecular formula is C23H31N3O5. The summed E-state index contributed by atoms with van der Waals surface area (Å²) < 4.78 is 10.2. The van der Waals surface area contributed by atoms with Crippen molar-refractivity contribution < 1.29 is 24.5 Å². The van der Waals surface area contributed by atoms with Gasteiger partial charge in [0, 0.05) is 31.9 Å². The smallest absolute Gasteiger partial charge is 0.339 e. The fourth-order valence-electron chi connectivity index (χ4n) is 3.55. The summed E-state index contributed by atoms with van der Waals surface area (Å²) >= 11 is 0. The summed E-state index contributed by atoms with van der Waals surface area (Å²) in [6.07, 6.45) is 3.72. The lowest BCUT2D eigenvalue weighted by atomic mass is 10.0. The first-order valence-corrected chi connectivity index (χ1v) is 10.6. The molecule has 31 heavy (non-hydrogen) atoms. The van der Waals surface area contributed by atoms with Gasteiger partial charge in [0.2, 0.25) is 0 Å². The van der Waals surface area contributed by atoms with Gasteiger partial charge in [-0.25, -0.2) is 4.79 Å². The lowest BCUT2D eigenvalue weighted by Gasteiger charge is -2.32. The molecule has 1 atom stereocenters. The highest BCUT2D eigenvalue weighted by Gasteiger charge is 2.19. The maximum absolute atomic E-state index is 11.5. The van der Waals surface area contributed by atoms with Crippen molar-refractivity contribution in [1.29, 1.82) is 0 Å². The molecule has 0 bridgehead atoms. The number of pyridine rings is 1. The maximum Gasteiger partial charge on any atom is 0.339 e. The van der Waals surface area contributed by atoms with E-state index < -0.39 is 6.10 Å². The number of phenols is 1. The Morgan fingerprint density at radius 1 is 1.23 bits per heavy atom. The van der Waals surface area contributed by atoms with Gasteiger partial charge >= 0.3 is 5.97 Å². The Labute approximate surface area is 182 Å². The largest absolute Gasteiger partial charge is 0.508 e. The number of benzene rings is 1. The van der Waals surface area contributed by atoms with E-state index in [1.165, 1.54) is 7.11 Å². The quantitative estimate of drug-likeness (QED) is 0.493. The Morgan fingerprint density at radius 3 is 2.61 bits per heavy atom. The Kier molecular flexibility index (Phi) is 8.63. The number of piperidine rings is 1. The van der Waals surface area contributed by atoms with Crippen molar-refractivity contribution in [2.45, 2.75) is 38.0 Å². The average molecular weight is 430 g/mol. The summed E-state index contributed by atoms with van der Waals surface area (Å²) in [6.45, 7) is 3.69. The number of nitrogens with one attached hydrogen (secondary N) is 1. The van der Waals surface area contributed by atoms with E-state index in [1.54, 1.807) is 36.5 Å². The van der Waals surface area contributed by atoms with Crippen LogP contribution in [-0.4, -0.2) is 71.6 Å². The Balaban J connectivity index is 1.29. The first-order chi connectivity index (χ1) is 15.0. The minimum Gasteiger partial charge on any atom is -0.508 e. The van der Waals surface area contributed by atoms with Gasteiger partial charge in [0.15, 0.2) is 0 Å². The third-order valence-corrected chi connectivity index (χ3v) is 5.41. The molecule has 3 rings (SSSR count). The van der Waals surface area contributed by atoms with Crippen LogP contribution < -0.4 is 10.1 Å². The van der Waals surface area contributed by atoms with Crippen LogP contribution in [0.15, 0.2) is 42.6 Å². The van der Waals surface area contributed by atoms with E-state index in [4.69, 9.17) is 9.47 Å². The lowest BCUT2D eigenvalue weighted by Crippen LogP contribution is -2.43. The Bertz CT molecular complexity index is 805. The van der Waals surface area contributed by atoms with Crippen molar-refractivity contribution in [2.24, 2.45) is 0 Å². The van der Waals surface area contributed by atoms with Crippen LogP contribution in [0.3, 0.4) is 0 Å². The molecule has 1 aromatic carbocycles. The van der Waals surface area contributed by atoms with Crippen LogP contribution >= 0.6 is 0 Å². The van der Waals surface area contributed by atoms with E-state index in [1.807, 2.05) is 6.07 Å². The predicted molar refractivity (Wildman–Crippen MR) is 116 cm³/mol. The molecule has 2 aromatic rings. The molecule has 3 N–H and O–H groups in total. The third-order valence-electron chi connectivity index (χ3n) is 5.41. The van der Waals surface area contributed by atoms with Crippen LogP contribution in [0.5, 0.6) is 11.5 Å². The number of carbonyl (C=O) groups excluding carboxylic acids is 1. The van der Waals surface area contributed by atoms with E-state index in [9.17, 15) is 15.0 Å². The fourth-order valence-corrected chi connectivity index (χ4v) is 3.55. The van der Waals surface area contributed by atoms with Gasteiger partial charge in [-0.1, -0.05) is 0 Å². The molecule has 168 valence electrons. The molecule has 1 saturated heterocycles. The first kappa shape index (κ1) is 23.0. The van der Waals surface area contributed by atoms with Gasteiger partial charge in [0.25, 0.3) is 0 Å². The summed E-state index contributed by atoms with van der Waals surface area (Å²) in [6, 6.07) is 10.5. The van der Waals surface area contributed by atoms with E-state index in [0.29, 0.717) is 23.8 Å². The molecule has 1 aromatic heterocycles.